The molecular formula is C12H21N3O. The van der Waals surface area contributed by atoms with Gasteiger partial charge >= 0.3 is 0 Å². The third-order valence-electron chi connectivity index (χ3n) is 2.61. The average molecular weight is 223 g/mol. The predicted octanol–water partition coefficient (Wildman–Crippen LogP) is 1.99. The van der Waals surface area contributed by atoms with Gasteiger partial charge < -0.3 is 5.73 Å². The van der Waals surface area contributed by atoms with Gasteiger partial charge in [0.2, 0.25) is 0 Å². The first kappa shape index (κ1) is 12.9. The van der Waals surface area contributed by atoms with Crippen LogP contribution in [0.2, 0.25) is 0 Å². The molecule has 1 unspecified atom stereocenters. The first-order valence-corrected chi connectivity index (χ1v) is 6.02. The standard InChI is InChI=1S/C12H21N3O/c1-3-5-6-10(13)12(16)11-7-8-14-15(11)9-4-2/h7-8,10H,3-6,9,13H2,1-2H3. The average Bonchev–Trinajstić information content (AvgIpc) is 2.73. The van der Waals surface area contributed by atoms with Crippen LogP contribution >= 0.6 is 0 Å². The molecule has 0 aromatic carbocycles. The van der Waals surface area contributed by atoms with Gasteiger partial charge in [-0.15, -0.1) is 0 Å². The highest BCUT2D eigenvalue weighted by Crippen LogP contribution is 2.08. The van der Waals surface area contributed by atoms with Crippen LogP contribution in [-0.4, -0.2) is 21.6 Å². The van der Waals surface area contributed by atoms with Crippen molar-refractivity contribution in [3.05, 3.63) is 18.0 Å². The van der Waals surface area contributed by atoms with E-state index in [1.807, 2.05) is 0 Å². The Morgan fingerprint density at radius 3 is 2.88 bits per heavy atom. The van der Waals surface area contributed by atoms with Gasteiger partial charge in [0.25, 0.3) is 0 Å². The van der Waals surface area contributed by atoms with E-state index in [0.29, 0.717) is 5.69 Å². The van der Waals surface area contributed by atoms with E-state index in [4.69, 9.17) is 5.73 Å². The normalized spacial score (nSPS) is 12.7. The lowest BCUT2D eigenvalue weighted by atomic mass is 10.0. The summed E-state index contributed by atoms with van der Waals surface area (Å²) in [7, 11) is 0. The van der Waals surface area contributed by atoms with E-state index in [9.17, 15) is 4.79 Å². The Bertz CT molecular complexity index is 333. The summed E-state index contributed by atoms with van der Waals surface area (Å²) in [6.45, 7) is 4.93. The van der Waals surface area contributed by atoms with E-state index in [1.165, 1.54) is 0 Å². The molecule has 1 heterocycles. The van der Waals surface area contributed by atoms with Crippen molar-refractivity contribution in [3.63, 3.8) is 0 Å². The molecule has 4 heteroatoms. The van der Waals surface area contributed by atoms with Gasteiger partial charge in [0.1, 0.15) is 5.69 Å². The lowest BCUT2D eigenvalue weighted by Gasteiger charge is -2.11. The van der Waals surface area contributed by atoms with Crippen LogP contribution in [0.15, 0.2) is 12.3 Å². The van der Waals surface area contributed by atoms with Crippen molar-refractivity contribution in [3.8, 4) is 0 Å². The molecule has 4 nitrogen and oxygen atoms in total. The van der Waals surface area contributed by atoms with Crippen LogP contribution in [0.3, 0.4) is 0 Å². The summed E-state index contributed by atoms with van der Waals surface area (Å²) in [5.74, 6) is 0.0133. The SMILES string of the molecule is CCCCC(N)C(=O)c1ccnn1CCC. The summed E-state index contributed by atoms with van der Waals surface area (Å²) in [5.41, 5.74) is 6.51. The zero-order chi connectivity index (χ0) is 12.0. The maximum atomic E-state index is 12.0. The van der Waals surface area contributed by atoms with E-state index in [-0.39, 0.29) is 11.8 Å². The number of hydrogen-bond acceptors (Lipinski definition) is 3. The summed E-state index contributed by atoms with van der Waals surface area (Å²) in [4.78, 5) is 12.0. The molecule has 0 aliphatic heterocycles. The Balaban J connectivity index is 2.67. The molecule has 1 aromatic rings. The number of ketones is 1. The monoisotopic (exact) mass is 223 g/mol. The van der Waals surface area contributed by atoms with E-state index >= 15 is 0 Å². The van der Waals surface area contributed by atoms with Gasteiger partial charge in [-0.1, -0.05) is 26.7 Å². The van der Waals surface area contributed by atoms with Crippen LogP contribution in [-0.2, 0) is 6.54 Å². The number of aryl methyl sites for hydroxylation is 1. The molecule has 0 bridgehead atoms. The molecule has 1 rings (SSSR count). The predicted molar refractivity (Wildman–Crippen MR) is 64.3 cm³/mol. The summed E-state index contributed by atoms with van der Waals surface area (Å²) < 4.78 is 1.74. The zero-order valence-corrected chi connectivity index (χ0v) is 10.1. The fourth-order valence-corrected chi connectivity index (χ4v) is 1.68. The van der Waals surface area contributed by atoms with Crippen molar-refractivity contribution >= 4 is 5.78 Å². The minimum atomic E-state index is -0.382. The quantitative estimate of drug-likeness (QED) is 0.719. The highest BCUT2D eigenvalue weighted by Gasteiger charge is 2.18. The summed E-state index contributed by atoms with van der Waals surface area (Å²) in [6, 6.07) is 1.37. The number of hydrogen-bond donors (Lipinski definition) is 1. The van der Waals surface area contributed by atoms with Crippen molar-refractivity contribution in [2.24, 2.45) is 5.73 Å². The highest BCUT2D eigenvalue weighted by atomic mass is 16.1. The first-order chi connectivity index (χ1) is 7.70. The molecule has 0 aliphatic rings. The molecule has 2 N–H and O–H groups in total. The van der Waals surface area contributed by atoms with Crippen LogP contribution in [0.25, 0.3) is 0 Å². The van der Waals surface area contributed by atoms with Crippen LogP contribution in [0.5, 0.6) is 0 Å². The number of nitrogens with two attached hydrogens (primary N) is 1. The van der Waals surface area contributed by atoms with Crippen molar-refractivity contribution < 1.29 is 4.79 Å². The molecule has 0 amide bonds. The maximum Gasteiger partial charge on any atom is 0.197 e. The van der Waals surface area contributed by atoms with Gasteiger partial charge in [0.15, 0.2) is 5.78 Å². The van der Waals surface area contributed by atoms with E-state index in [2.05, 4.69) is 18.9 Å². The Labute approximate surface area is 96.8 Å². The maximum absolute atomic E-state index is 12.0. The van der Waals surface area contributed by atoms with Gasteiger partial charge in [-0.25, -0.2) is 0 Å². The second-order valence-corrected chi connectivity index (χ2v) is 4.05. The lowest BCUT2D eigenvalue weighted by molar-refractivity contribution is 0.0945. The highest BCUT2D eigenvalue weighted by molar-refractivity contribution is 5.98. The Kier molecular flexibility index (Phi) is 5.19. The molecular weight excluding hydrogens is 202 g/mol. The van der Waals surface area contributed by atoms with E-state index in [1.54, 1.807) is 16.9 Å². The molecule has 16 heavy (non-hydrogen) atoms. The molecule has 0 saturated carbocycles. The second kappa shape index (κ2) is 6.43. The number of carbonyl (C=O) groups is 1. The molecule has 0 aliphatic carbocycles. The van der Waals surface area contributed by atoms with Crippen molar-refractivity contribution in [2.45, 2.75) is 52.1 Å². The summed E-state index contributed by atoms with van der Waals surface area (Å²) in [6.07, 6.45) is 5.44. The lowest BCUT2D eigenvalue weighted by Crippen LogP contribution is -2.32. The van der Waals surface area contributed by atoms with Crippen molar-refractivity contribution in [2.75, 3.05) is 0 Å². The fraction of sp³-hybridized carbons (Fsp3) is 0.667. The van der Waals surface area contributed by atoms with E-state index in [0.717, 1.165) is 32.2 Å². The fourth-order valence-electron chi connectivity index (χ4n) is 1.68. The molecule has 1 aromatic heterocycles. The van der Waals surface area contributed by atoms with Gasteiger partial charge in [-0.2, -0.15) is 5.10 Å². The molecule has 1 atom stereocenters. The minimum Gasteiger partial charge on any atom is -0.321 e. The van der Waals surface area contributed by atoms with Crippen LogP contribution in [0.4, 0.5) is 0 Å². The number of aromatic nitrogens is 2. The smallest absolute Gasteiger partial charge is 0.197 e. The van der Waals surface area contributed by atoms with Crippen LogP contribution in [0, 0.1) is 0 Å². The van der Waals surface area contributed by atoms with Gasteiger partial charge in [-0.3, -0.25) is 9.48 Å². The van der Waals surface area contributed by atoms with E-state index < -0.39 is 0 Å². The molecule has 0 radical (unpaired) electrons. The minimum absolute atomic E-state index is 0.0133. The summed E-state index contributed by atoms with van der Waals surface area (Å²) in [5, 5.41) is 4.13. The van der Waals surface area contributed by atoms with Crippen LogP contribution < -0.4 is 5.73 Å². The largest absolute Gasteiger partial charge is 0.321 e. The third-order valence-corrected chi connectivity index (χ3v) is 2.61. The Morgan fingerprint density at radius 2 is 2.25 bits per heavy atom. The molecule has 90 valence electrons. The molecule has 0 spiro atoms. The summed E-state index contributed by atoms with van der Waals surface area (Å²) >= 11 is 0. The number of unbranched alkanes of at least 4 members (excludes halogenated alkanes) is 1. The van der Waals surface area contributed by atoms with Gasteiger partial charge in [0, 0.05) is 12.7 Å². The number of carbonyl (C=O) groups excluding carboxylic acids is 1. The molecule has 0 fully saturated rings. The van der Waals surface area contributed by atoms with Crippen molar-refractivity contribution in [1.29, 1.82) is 0 Å². The zero-order valence-electron chi connectivity index (χ0n) is 10.1. The van der Waals surface area contributed by atoms with Crippen LogP contribution in [0.1, 0.15) is 50.0 Å². The topological polar surface area (TPSA) is 60.9 Å². The first-order valence-electron chi connectivity index (χ1n) is 6.02. The Morgan fingerprint density at radius 1 is 1.50 bits per heavy atom. The number of nitrogens with zero attached hydrogens (tertiary/aromatic N) is 2. The van der Waals surface area contributed by atoms with Crippen molar-refractivity contribution in [1.82, 2.24) is 9.78 Å². The third kappa shape index (κ3) is 3.17. The second-order valence-electron chi connectivity index (χ2n) is 4.05. The Hall–Kier alpha value is -1.16. The number of Topliss-reactive ketones (excluding diaryl/α,β-unsaturated/α-hetero) is 1. The van der Waals surface area contributed by atoms with Gasteiger partial charge in [0.05, 0.1) is 6.04 Å². The van der Waals surface area contributed by atoms with Gasteiger partial charge in [-0.05, 0) is 18.9 Å². The molecule has 0 saturated heterocycles. The number of rotatable bonds is 7.